The quantitative estimate of drug-likeness (QED) is 0.758. The summed E-state index contributed by atoms with van der Waals surface area (Å²) in [4.78, 5) is 18.0. The van der Waals surface area contributed by atoms with Crippen LogP contribution in [-0.2, 0) is 0 Å². The number of hydrogen-bond donors (Lipinski definition) is 3. The Balaban J connectivity index is 2.15. The van der Waals surface area contributed by atoms with Crippen LogP contribution >= 0.6 is 11.6 Å². The van der Waals surface area contributed by atoms with Gasteiger partial charge in [0.05, 0.1) is 17.7 Å². The molecule has 0 unspecified atom stereocenters. The lowest BCUT2D eigenvalue weighted by Gasteiger charge is -2.17. The molecule has 0 radical (unpaired) electrons. The number of rotatable bonds is 2. The Hall–Kier alpha value is -2.38. The van der Waals surface area contributed by atoms with E-state index in [-0.39, 0.29) is 5.56 Å². The van der Waals surface area contributed by atoms with Crippen LogP contribution < -0.4 is 21.6 Å². The van der Waals surface area contributed by atoms with Crippen LogP contribution in [0.2, 0.25) is 5.02 Å². The van der Waals surface area contributed by atoms with Crippen molar-refractivity contribution in [2.24, 2.45) is 5.10 Å². The molecule has 0 saturated carbocycles. The maximum absolute atomic E-state index is 11.4. The highest BCUT2D eigenvalue weighted by atomic mass is 35.5. The Kier molecular flexibility index (Phi) is 2.90. The summed E-state index contributed by atoms with van der Waals surface area (Å²) in [5, 5.41) is 6.06. The van der Waals surface area contributed by atoms with Crippen LogP contribution in [0.3, 0.4) is 0 Å². The molecular weight excluding hydrogens is 268 g/mol. The van der Waals surface area contributed by atoms with Crippen molar-refractivity contribution in [2.75, 3.05) is 5.01 Å². The number of hydrazone groups is 1. The first kappa shape index (κ1) is 11.7. The van der Waals surface area contributed by atoms with E-state index in [0.717, 1.165) is 11.3 Å². The van der Waals surface area contributed by atoms with Gasteiger partial charge in [0.15, 0.2) is 0 Å². The van der Waals surface area contributed by atoms with E-state index in [9.17, 15) is 4.79 Å². The van der Waals surface area contributed by atoms with Gasteiger partial charge in [-0.1, -0.05) is 11.6 Å². The van der Waals surface area contributed by atoms with Crippen LogP contribution in [0.15, 0.2) is 40.5 Å². The van der Waals surface area contributed by atoms with Gasteiger partial charge in [-0.15, -0.1) is 5.53 Å². The third-order valence-electron chi connectivity index (χ3n) is 2.58. The fraction of sp³-hybridized carbons (Fsp3) is 0. The Bertz CT molecular complexity index is 698. The van der Waals surface area contributed by atoms with Gasteiger partial charge in [-0.2, -0.15) is 5.10 Å². The number of hydrogen-bond acceptors (Lipinski definition) is 6. The number of aromatic nitrogens is 2. The number of nitrogens with zero attached hydrogens (tertiary/aromatic N) is 3. The summed E-state index contributed by atoms with van der Waals surface area (Å²) >= 11 is 6.01. The van der Waals surface area contributed by atoms with Crippen LogP contribution in [0, 0.1) is 0 Å². The molecule has 19 heavy (non-hydrogen) atoms. The lowest BCUT2D eigenvalue weighted by Crippen LogP contribution is -2.37. The molecule has 0 fully saturated rings. The molecule has 2 aromatic rings. The van der Waals surface area contributed by atoms with Crippen LogP contribution in [-0.4, -0.2) is 16.3 Å². The molecule has 1 aromatic heterocycles. The molecule has 0 amide bonds. The molecule has 3 N–H and O–H groups in total. The Labute approximate surface area is 112 Å². The predicted molar refractivity (Wildman–Crippen MR) is 72.5 cm³/mol. The van der Waals surface area contributed by atoms with E-state index in [0.29, 0.717) is 10.7 Å². The van der Waals surface area contributed by atoms with Crippen LogP contribution in [0.4, 0.5) is 5.69 Å². The van der Waals surface area contributed by atoms with Crippen LogP contribution in [0.1, 0.15) is 0 Å². The Morgan fingerprint density at radius 1 is 1.26 bits per heavy atom. The monoisotopic (exact) mass is 276 g/mol. The van der Waals surface area contributed by atoms with Gasteiger partial charge in [0, 0.05) is 16.7 Å². The number of H-pyrrole nitrogens is 1. The SMILES string of the molecule is O=c1cc(-c2cc(Cl)ccc2N2C=NNN2)nc[nH]1. The van der Waals surface area contributed by atoms with Crippen LogP contribution in [0.25, 0.3) is 11.3 Å². The summed E-state index contributed by atoms with van der Waals surface area (Å²) in [7, 11) is 0. The number of nitrogens with one attached hydrogen (secondary N) is 3. The summed E-state index contributed by atoms with van der Waals surface area (Å²) in [6.45, 7) is 0. The molecule has 0 aliphatic carbocycles. The van der Waals surface area contributed by atoms with Crippen molar-refractivity contribution < 1.29 is 0 Å². The highest BCUT2D eigenvalue weighted by Crippen LogP contribution is 2.30. The first-order valence-corrected chi connectivity index (χ1v) is 5.79. The van der Waals surface area contributed by atoms with Gasteiger partial charge in [0.1, 0.15) is 6.34 Å². The minimum absolute atomic E-state index is 0.225. The predicted octanol–water partition coefficient (Wildman–Crippen LogP) is 0.863. The van der Waals surface area contributed by atoms with Gasteiger partial charge >= 0.3 is 0 Å². The number of hydrazine groups is 2. The number of halogens is 1. The molecule has 1 aromatic carbocycles. The van der Waals surface area contributed by atoms with Crippen molar-refractivity contribution in [1.29, 1.82) is 0 Å². The summed E-state index contributed by atoms with van der Waals surface area (Å²) in [6, 6.07) is 6.72. The zero-order chi connectivity index (χ0) is 13.2. The van der Waals surface area contributed by atoms with E-state index >= 15 is 0 Å². The molecule has 0 saturated heterocycles. The van der Waals surface area contributed by atoms with E-state index in [1.54, 1.807) is 23.5 Å². The van der Waals surface area contributed by atoms with E-state index in [1.807, 2.05) is 6.07 Å². The van der Waals surface area contributed by atoms with Gasteiger partial charge in [-0.3, -0.25) is 4.79 Å². The topological polar surface area (TPSA) is 85.4 Å². The molecule has 96 valence electrons. The minimum Gasteiger partial charge on any atom is -0.313 e. The molecule has 7 nitrogen and oxygen atoms in total. The molecule has 8 heteroatoms. The average Bonchev–Trinajstić information content (AvgIpc) is 2.92. The Morgan fingerprint density at radius 3 is 2.89 bits per heavy atom. The summed E-state index contributed by atoms with van der Waals surface area (Å²) in [5.74, 6) is 0. The van der Waals surface area contributed by atoms with Crippen molar-refractivity contribution >= 4 is 23.6 Å². The average molecular weight is 277 g/mol. The standard InChI is InChI=1S/C11H9ClN6O/c12-7-1-2-10(18-6-15-16-17-18)8(3-7)9-4-11(19)14-5-13-9/h1-6,16-17H,(H,13,14,19). The van der Waals surface area contributed by atoms with E-state index in [4.69, 9.17) is 11.6 Å². The second-order valence-electron chi connectivity index (χ2n) is 3.80. The minimum atomic E-state index is -0.225. The van der Waals surface area contributed by atoms with Gasteiger partial charge < -0.3 is 4.98 Å². The molecule has 1 aliphatic rings. The van der Waals surface area contributed by atoms with Crippen molar-refractivity contribution in [2.45, 2.75) is 0 Å². The number of benzene rings is 1. The molecule has 3 rings (SSSR count). The molecule has 0 atom stereocenters. The first-order valence-electron chi connectivity index (χ1n) is 5.42. The third-order valence-corrected chi connectivity index (χ3v) is 2.82. The second kappa shape index (κ2) is 4.71. The lowest BCUT2D eigenvalue weighted by atomic mass is 10.1. The normalized spacial score (nSPS) is 13.6. The third kappa shape index (κ3) is 2.28. The first-order chi connectivity index (χ1) is 9.24. The zero-order valence-electron chi connectivity index (χ0n) is 9.59. The van der Waals surface area contributed by atoms with E-state index in [2.05, 4.69) is 26.1 Å². The maximum Gasteiger partial charge on any atom is 0.251 e. The molecule has 1 aliphatic heterocycles. The van der Waals surface area contributed by atoms with Crippen molar-refractivity contribution in [3.63, 3.8) is 0 Å². The van der Waals surface area contributed by atoms with Crippen molar-refractivity contribution in [3.05, 3.63) is 46.0 Å². The van der Waals surface area contributed by atoms with Crippen LogP contribution in [0.5, 0.6) is 0 Å². The van der Waals surface area contributed by atoms with Crippen molar-refractivity contribution in [3.8, 4) is 11.3 Å². The van der Waals surface area contributed by atoms with Gasteiger partial charge in [-0.25, -0.2) is 15.5 Å². The fourth-order valence-electron chi connectivity index (χ4n) is 1.76. The largest absolute Gasteiger partial charge is 0.313 e. The summed E-state index contributed by atoms with van der Waals surface area (Å²) < 4.78 is 0. The number of aromatic amines is 1. The molecule has 0 bridgehead atoms. The lowest BCUT2D eigenvalue weighted by molar-refractivity contribution is 0.624. The fourth-order valence-corrected chi connectivity index (χ4v) is 1.93. The summed E-state index contributed by atoms with van der Waals surface area (Å²) in [5.41, 5.74) is 7.22. The van der Waals surface area contributed by atoms with E-state index < -0.39 is 0 Å². The zero-order valence-corrected chi connectivity index (χ0v) is 10.3. The number of anilines is 1. The maximum atomic E-state index is 11.4. The highest BCUT2D eigenvalue weighted by Gasteiger charge is 2.15. The van der Waals surface area contributed by atoms with Gasteiger partial charge in [-0.05, 0) is 18.2 Å². The Morgan fingerprint density at radius 2 is 2.16 bits per heavy atom. The molecule has 2 heterocycles. The summed E-state index contributed by atoms with van der Waals surface area (Å²) in [6.07, 6.45) is 2.92. The molecule has 0 spiro atoms. The van der Waals surface area contributed by atoms with Gasteiger partial charge in [0.2, 0.25) is 0 Å². The van der Waals surface area contributed by atoms with Crippen molar-refractivity contribution in [1.82, 2.24) is 21.0 Å². The van der Waals surface area contributed by atoms with Gasteiger partial charge in [0.25, 0.3) is 5.56 Å². The second-order valence-corrected chi connectivity index (χ2v) is 4.23. The highest BCUT2D eigenvalue weighted by molar-refractivity contribution is 6.31. The molecular formula is C11H9ClN6O. The smallest absolute Gasteiger partial charge is 0.251 e. The van der Waals surface area contributed by atoms with E-state index in [1.165, 1.54) is 12.4 Å².